The fourth-order valence-electron chi connectivity index (χ4n) is 2.81. The van der Waals surface area contributed by atoms with E-state index in [0.717, 1.165) is 22.4 Å². The summed E-state index contributed by atoms with van der Waals surface area (Å²) in [6.45, 7) is 3.62. The van der Waals surface area contributed by atoms with Gasteiger partial charge in [0.25, 0.3) is 5.91 Å². The fourth-order valence-corrected chi connectivity index (χ4v) is 3.94. The Labute approximate surface area is 184 Å². The van der Waals surface area contributed by atoms with Crippen molar-refractivity contribution in [3.63, 3.8) is 0 Å². The summed E-state index contributed by atoms with van der Waals surface area (Å²) in [5.74, 6) is 0.136. The molecule has 170 valence electrons. The van der Waals surface area contributed by atoms with Crippen molar-refractivity contribution >= 4 is 31.5 Å². The molecule has 0 aliphatic heterocycles. The van der Waals surface area contributed by atoms with E-state index in [4.69, 9.17) is 4.74 Å². The molecular weight excluding hydrogens is 440 g/mol. The number of anilines is 1. The molecule has 0 saturated heterocycles. The van der Waals surface area contributed by atoms with E-state index in [9.17, 15) is 21.6 Å². The van der Waals surface area contributed by atoms with Gasteiger partial charge in [-0.1, -0.05) is 19.1 Å². The third kappa shape index (κ3) is 6.70. The summed E-state index contributed by atoms with van der Waals surface area (Å²) in [5, 5.41) is 2.87. The van der Waals surface area contributed by atoms with E-state index < -0.39 is 26.0 Å². The molecule has 8 nitrogen and oxygen atoms in total. The fraction of sp³-hybridized carbons (Fsp3) is 0.381. The van der Waals surface area contributed by atoms with Gasteiger partial charge in [0.15, 0.2) is 15.9 Å². The van der Waals surface area contributed by atoms with Crippen LogP contribution in [0.3, 0.4) is 0 Å². The van der Waals surface area contributed by atoms with Gasteiger partial charge in [-0.15, -0.1) is 0 Å². The van der Waals surface area contributed by atoms with Crippen molar-refractivity contribution in [3.8, 4) is 5.75 Å². The van der Waals surface area contributed by atoms with Crippen molar-refractivity contribution in [2.24, 2.45) is 0 Å². The number of amides is 1. The lowest BCUT2D eigenvalue weighted by Gasteiger charge is -2.21. The van der Waals surface area contributed by atoms with Gasteiger partial charge in [0.05, 0.1) is 22.9 Å². The van der Waals surface area contributed by atoms with Crippen LogP contribution in [0.25, 0.3) is 0 Å². The highest BCUT2D eigenvalue weighted by molar-refractivity contribution is 7.92. The van der Waals surface area contributed by atoms with Crippen LogP contribution in [0, 0.1) is 0 Å². The quantitative estimate of drug-likeness (QED) is 0.606. The lowest BCUT2D eigenvalue weighted by molar-refractivity contribution is -0.128. The molecule has 1 N–H and O–H groups in total. The molecule has 2 rings (SSSR count). The summed E-state index contributed by atoms with van der Waals surface area (Å²) >= 11 is 0. The summed E-state index contributed by atoms with van der Waals surface area (Å²) in [6, 6.07) is 12.4. The lowest BCUT2D eigenvalue weighted by atomic mass is 10.1. The number of rotatable bonds is 9. The van der Waals surface area contributed by atoms with E-state index in [1.807, 2.05) is 6.92 Å². The van der Waals surface area contributed by atoms with Crippen molar-refractivity contribution in [1.82, 2.24) is 5.32 Å². The highest BCUT2D eigenvalue weighted by atomic mass is 32.2. The summed E-state index contributed by atoms with van der Waals surface area (Å²) in [7, 11) is -5.19. The summed E-state index contributed by atoms with van der Waals surface area (Å²) < 4.78 is 53.4. The van der Waals surface area contributed by atoms with E-state index >= 15 is 0 Å². The number of ether oxygens (including phenoxy) is 1. The molecule has 2 atom stereocenters. The Morgan fingerprint density at radius 1 is 1.00 bits per heavy atom. The molecule has 10 heteroatoms. The highest BCUT2D eigenvalue weighted by Crippen LogP contribution is 2.22. The SMILES string of the molecule is CC[C@H](Oc1ccc(N(C)S(C)(=O)=O)cc1)C(=O)N[C@@H](C)c1ccc(S(C)(=O)=O)cc1. The van der Waals surface area contributed by atoms with Crippen LogP contribution in [0.15, 0.2) is 53.4 Å². The van der Waals surface area contributed by atoms with Crippen LogP contribution in [-0.4, -0.2) is 48.4 Å². The summed E-state index contributed by atoms with van der Waals surface area (Å²) in [6.07, 6.45) is 1.94. The van der Waals surface area contributed by atoms with Crippen molar-refractivity contribution in [2.45, 2.75) is 37.3 Å². The van der Waals surface area contributed by atoms with E-state index in [-0.39, 0.29) is 16.8 Å². The van der Waals surface area contributed by atoms with Crippen LogP contribution < -0.4 is 14.4 Å². The van der Waals surface area contributed by atoms with Crippen LogP contribution in [0.4, 0.5) is 5.69 Å². The van der Waals surface area contributed by atoms with Gasteiger partial charge < -0.3 is 10.1 Å². The maximum atomic E-state index is 12.7. The lowest BCUT2D eigenvalue weighted by Crippen LogP contribution is -2.39. The molecule has 0 aliphatic rings. The Balaban J connectivity index is 2.04. The number of hydrogen-bond acceptors (Lipinski definition) is 6. The zero-order valence-corrected chi connectivity index (χ0v) is 19.8. The molecule has 0 heterocycles. The topological polar surface area (TPSA) is 110 Å². The van der Waals surface area contributed by atoms with Crippen molar-refractivity contribution < 1.29 is 26.4 Å². The summed E-state index contributed by atoms with van der Waals surface area (Å²) in [4.78, 5) is 12.9. The smallest absolute Gasteiger partial charge is 0.261 e. The molecule has 0 unspecified atom stereocenters. The predicted molar refractivity (Wildman–Crippen MR) is 121 cm³/mol. The van der Waals surface area contributed by atoms with E-state index in [2.05, 4.69) is 5.32 Å². The number of benzene rings is 2. The van der Waals surface area contributed by atoms with E-state index in [1.54, 1.807) is 43.3 Å². The van der Waals surface area contributed by atoms with Crippen molar-refractivity contribution in [3.05, 3.63) is 54.1 Å². The second-order valence-electron chi connectivity index (χ2n) is 7.31. The molecule has 2 aromatic rings. The molecule has 0 aromatic heterocycles. The Morgan fingerprint density at radius 3 is 2.00 bits per heavy atom. The number of nitrogens with zero attached hydrogens (tertiary/aromatic N) is 1. The minimum Gasteiger partial charge on any atom is -0.481 e. The normalized spacial score (nSPS) is 13.8. The molecular formula is C21H28N2O6S2. The number of hydrogen-bond donors (Lipinski definition) is 1. The van der Waals surface area contributed by atoms with Crippen LogP contribution in [0.5, 0.6) is 5.75 Å². The van der Waals surface area contributed by atoms with E-state index in [0.29, 0.717) is 17.9 Å². The number of sulfone groups is 1. The van der Waals surface area contributed by atoms with Gasteiger partial charge >= 0.3 is 0 Å². The maximum Gasteiger partial charge on any atom is 0.261 e. The Bertz CT molecular complexity index is 1110. The monoisotopic (exact) mass is 468 g/mol. The van der Waals surface area contributed by atoms with Crippen molar-refractivity contribution in [2.75, 3.05) is 23.9 Å². The first kappa shape index (κ1) is 24.7. The molecule has 0 bridgehead atoms. The minimum atomic E-state index is -3.37. The van der Waals surface area contributed by atoms with Gasteiger partial charge in [-0.2, -0.15) is 0 Å². The molecule has 1 amide bonds. The second-order valence-corrected chi connectivity index (χ2v) is 11.3. The third-order valence-corrected chi connectivity index (χ3v) is 7.14. The highest BCUT2D eigenvalue weighted by Gasteiger charge is 2.21. The van der Waals surface area contributed by atoms with Crippen LogP contribution in [-0.2, 0) is 24.7 Å². The molecule has 0 spiro atoms. The van der Waals surface area contributed by atoms with E-state index in [1.165, 1.54) is 19.2 Å². The molecule has 0 radical (unpaired) electrons. The zero-order chi connectivity index (χ0) is 23.4. The molecule has 0 fully saturated rings. The van der Waals surface area contributed by atoms with Gasteiger partial charge in [-0.3, -0.25) is 9.10 Å². The molecule has 2 aromatic carbocycles. The molecule has 0 aliphatic carbocycles. The van der Waals surface area contributed by atoms with Gasteiger partial charge in [0, 0.05) is 13.3 Å². The maximum absolute atomic E-state index is 12.7. The first-order chi connectivity index (χ1) is 14.3. The second kappa shape index (κ2) is 9.69. The number of nitrogens with one attached hydrogen (secondary N) is 1. The average Bonchev–Trinajstić information content (AvgIpc) is 2.70. The first-order valence-electron chi connectivity index (χ1n) is 9.64. The number of sulfonamides is 1. The molecule has 0 saturated carbocycles. The Morgan fingerprint density at radius 2 is 1.55 bits per heavy atom. The van der Waals surface area contributed by atoms with Gasteiger partial charge in [-0.05, 0) is 55.3 Å². The largest absolute Gasteiger partial charge is 0.481 e. The third-order valence-electron chi connectivity index (χ3n) is 4.81. The van der Waals surface area contributed by atoms with Crippen LogP contribution in [0.1, 0.15) is 31.9 Å². The first-order valence-corrected chi connectivity index (χ1v) is 13.4. The summed E-state index contributed by atoms with van der Waals surface area (Å²) in [5.41, 5.74) is 1.25. The number of carbonyl (C=O) groups is 1. The van der Waals surface area contributed by atoms with Gasteiger partial charge in [0.1, 0.15) is 5.75 Å². The Hall–Kier alpha value is -2.59. The van der Waals surface area contributed by atoms with Crippen LogP contribution >= 0.6 is 0 Å². The molecule has 31 heavy (non-hydrogen) atoms. The zero-order valence-electron chi connectivity index (χ0n) is 18.2. The Kier molecular flexibility index (Phi) is 7.72. The van der Waals surface area contributed by atoms with Gasteiger partial charge in [-0.25, -0.2) is 16.8 Å². The minimum absolute atomic E-state index is 0.217. The van der Waals surface area contributed by atoms with Crippen molar-refractivity contribution in [1.29, 1.82) is 0 Å². The van der Waals surface area contributed by atoms with Crippen LogP contribution in [0.2, 0.25) is 0 Å². The predicted octanol–water partition coefficient (Wildman–Crippen LogP) is 2.52. The van der Waals surface area contributed by atoms with Gasteiger partial charge in [0.2, 0.25) is 10.0 Å². The standard InChI is InChI=1S/C21H28N2O6S2/c1-6-20(29-18-11-9-17(10-12-18)23(3)31(5,27)28)21(24)22-15(2)16-7-13-19(14-8-16)30(4,25)26/h7-15,20H,6H2,1-5H3,(H,22,24)/t15-,20-/m0/s1. The average molecular weight is 469 g/mol. The number of carbonyl (C=O) groups excluding carboxylic acids is 1.